The number of rotatable bonds is 8. The zero-order valence-electron chi connectivity index (χ0n) is 24.8. The predicted molar refractivity (Wildman–Crippen MR) is 162 cm³/mol. The van der Waals surface area contributed by atoms with Crippen LogP contribution in [0.4, 0.5) is 13.2 Å². The summed E-state index contributed by atoms with van der Waals surface area (Å²) in [6.45, 7) is 4.35. The van der Waals surface area contributed by atoms with Gasteiger partial charge in [0.2, 0.25) is 5.91 Å². The molecule has 0 unspecified atom stereocenters. The second-order valence-electron chi connectivity index (χ2n) is 11.4. The van der Waals surface area contributed by atoms with E-state index in [9.17, 15) is 22.8 Å². The highest BCUT2D eigenvalue weighted by Gasteiger charge is 2.30. The predicted octanol–water partition coefficient (Wildman–Crippen LogP) is 4.63. The maximum Gasteiger partial charge on any atom is 0.389 e. The van der Waals surface area contributed by atoms with E-state index >= 15 is 0 Å². The molecule has 3 aromatic heterocycles. The number of benzene rings is 1. The van der Waals surface area contributed by atoms with Crippen LogP contribution in [0.15, 0.2) is 73.1 Å². The molecule has 0 aliphatic carbocycles. The highest BCUT2D eigenvalue weighted by Crippen LogP contribution is 2.27. The number of pyridine rings is 2. The normalized spacial score (nSPS) is 16.2. The lowest BCUT2D eigenvalue weighted by atomic mass is 10.00. The smallest absolute Gasteiger partial charge is 0.339 e. The molecule has 1 fully saturated rings. The second-order valence-corrected chi connectivity index (χ2v) is 11.4. The van der Waals surface area contributed by atoms with Gasteiger partial charge in [0.05, 0.1) is 12.1 Å². The quantitative estimate of drug-likeness (QED) is 0.287. The van der Waals surface area contributed by atoms with E-state index in [1.807, 2.05) is 71.8 Å². The van der Waals surface area contributed by atoms with Crippen molar-refractivity contribution in [2.24, 2.45) is 0 Å². The van der Waals surface area contributed by atoms with Crippen molar-refractivity contribution in [1.29, 1.82) is 0 Å². The molecule has 0 N–H and O–H groups in total. The zero-order chi connectivity index (χ0) is 31.4. The van der Waals surface area contributed by atoms with E-state index in [1.165, 1.54) is 4.90 Å². The molecule has 0 radical (unpaired) electrons. The topological polar surface area (TPSA) is 86.9 Å². The first-order valence-electron chi connectivity index (χ1n) is 15.1. The summed E-state index contributed by atoms with van der Waals surface area (Å²) in [5, 5.41) is 4.65. The molecular formula is C33H34F3N7O2. The molecule has 4 aromatic rings. The fraction of sp³-hybridized carbons (Fsp3) is 0.364. The Balaban J connectivity index is 1.05. The number of alkyl halides is 3. The van der Waals surface area contributed by atoms with E-state index in [2.05, 4.69) is 15.0 Å². The lowest BCUT2D eigenvalue weighted by Gasteiger charge is -2.34. The van der Waals surface area contributed by atoms with Crippen LogP contribution in [0.1, 0.15) is 52.3 Å². The first-order chi connectivity index (χ1) is 21.7. The van der Waals surface area contributed by atoms with Crippen LogP contribution >= 0.6 is 0 Å². The van der Waals surface area contributed by atoms with Crippen molar-refractivity contribution in [2.45, 2.75) is 38.4 Å². The second kappa shape index (κ2) is 13.2. The number of nitrogens with zero attached hydrogens (tertiary/aromatic N) is 7. The minimum absolute atomic E-state index is 0.0240. The molecule has 0 atom stereocenters. The van der Waals surface area contributed by atoms with Gasteiger partial charge in [-0.05, 0) is 54.0 Å². The van der Waals surface area contributed by atoms with Gasteiger partial charge in [-0.3, -0.25) is 19.5 Å². The lowest BCUT2D eigenvalue weighted by molar-refractivity contribution is -0.148. The van der Waals surface area contributed by atoms with E-state index in [1.54, 1.807) is 10.7 Å². The summed E-state index contributed by atoms with van der Waals surface area (Å²) in [6, 6.07) is 17.3. The fourth-order valence-electron chi connectivity index (χ4n) is 5.78. The third-order valence-corrected chi connectivity index (χ3v) is 8.27. The van der Waals surface area contributed by atoms with Gasteiger partial charge in [-0.25, -0.2) is 9.50 Å². The Hall–Kier alpha value is -4.58. The molecule has 9 nitrogen and oxygen atoms in total. The first-order valence-corrected chi connectivity index (χ1v) is 15.1. The van der Waals surface area contributed by atoms with E-state index in [-0.39, 0.29) is 12.5 Å². The Labute approximate surface area is 259 Å². The highest BCUT2D eigenvalue weighted by atomic mass is 19.4. The summed E-state index contributed by atoms with van der Waals surface area (Å²) in [6.07, 6.45) is 0.535. The molecular weight excluding hydrogens is 583 g/mol. The first kappa shape index (κ1) is 30.4. The molecule has 0 bridgehead atoms. The Morgan fingerprint density at radius 1 is 0.889 bits per heavy atom. The Bertz CT molecular complexity index is 1680. The van der Waals surface area contributed by atoms with Gasteiger partial charge < -0.3 is 9.80 Å². The number of amides is 2. The van der Waals surface area contributed by atoms with Gasteiger partial charge in [0.25, 0.3) is 5.91 Å². The van der Waals surface area contributed by atoms with Crippen LogP contribution in [0, 0.1) is 0 Å². The number of hydrogen-bond acceptors (Lipinski definition) is 6. The van der Waals surface area contributed by atoms with Gasteiger partial charge in [0, 0.05) is 82.2 Å². The van der Waals surface area contributed by atoms with Crippen LogP contribution in [0.5, 0.6) is 0 Å². The summed E-state index contributed by atoms with van der Waals surface area (Å²) in [4.78, 5) is 40.2. The molecule has 1 saturated heterocycles. The molecule has 0 spiro atoms. The molecule has 6 rings (SSSR count). The van der Waals surface area contributed by atoms with Gasteiger partial charge in [-0.1, -0.05) is 24.3 Å². The van der Waals surface area contributed by atoms with Crippen LogP contribution in [-0.2, 0) is 17.8 Å². The number of piperazine rings is 1. The maximum atomic E-state index is 13.2. The monoisotopic (exact) mass is 617 g/mol. The number of hydrogen-bond donors (Lipinski definition) is 0. The van der Waals surface area contributed by atoms with Crippen molar-refractivity contribution < 1.29 is 22.8 Å². The van der Waals surface area contributed by atoms with Gasteiger partial charge in [0.1, 0.15) is 0 Å². The standard InChI is InChI=1S/C33H34F3N7O2/c34-33(35,36)13-10-30(44)41-16-11-25(12-17-41)28-5-3-15-43-31(28)38-29(39-43)22-24-6-8-26(9-7-24)32(45)42-20-18-40(19-21-42)23-27-4-1-2-14-37-27/h1-9,11,14-15H,10,12-13,16-23H2. The highest BCUT2D eigenvalue weighted by molar-refractivity contribution is 5.94. The molecule has 0 saturated carbocycles. The number of fused-ring (bicyclic) bond motifs is 1. The van der Waals surface area contributed by atoms with E-state index in [4.69, 9.17) is 4.98 Å². The van der Waals surface area contributed by atoms with Crippen molar-refractivity contribution in [1.82, 2.24) is 34.3 Å². The SMILES string of the molecule is O=C(CCC(F)(F)F)N1CC=C(c2cccn3nc(Cc4ccc(C(=O)N5CCN(Cc6ccccn6)CC5)cc4)nc23)CC1. The summed E-state index contributed by atoms with van der Waals surface area (Å²) in [5.74, 6) is 0.166. The van der Waals surface area contributed by atoms with Crippen LogP contribution < -0.4 is 0 Å². The summed E-state index contributed by atoms with van der Waals surface area (Å²) < 4.78 is 39.3. The average Bonchev–Trinajstić information content (AvgIpc) is 3.47. The molecule has 2 amide bonds. The van der Waals surface area contributed by atoms with Crippen LogP contribution in [0.3, 0.4) is 0 Å². The Morgan fingerprint density at radius 2 is 1.69 bits per heavy atom. The number of aromatic nitrogens is 4. The summed E-state index contributed by atoms with van der Waals surface area (Å²) >= 11 is 0. The summed E-state index contributed by atoms with van der Waals surface area (Å²) in [5.41, 5.74) is 5.22. The molecule has 2 aliphatic heterocycles. The van der Waals surface area contributed by atoms with Gasteiger partial charge in [-0.2, -0.15) is 18.3 Å². The van der Waals surface area contributed by atoms with E-state index in [0.717, 1.165) is 42.0 Å². The zero-order valence-corrected chi connectivity index (χ0v) is 24.8. The molecule has 1 aromatic carbocycles. The maximum absolute atomic E-state index is 13.2. The third-order valence-electron chi connectivity index (χ3n) is 8.27. The van der Waals surface area contributed by atoms with Crippen LogP contribution in [-0.4, -0.2) is 91.5 Å². The number of carbonyl (C=O) groups is 2. The van der Waals surface area contributed by atoms with E-state index in [0.29, 0.717) is 49.5 Å². The van der Waals surface area contributed by atoms with Crippen LogP contribution in [0.25, 0.3) is 11.2 Å². The molecule has 2 aliphatic rings. The van der Waals surface area contributed by atoms with Gasteiger partial charge >= 0.3 is 6.18 Å². The fourth-order valence-corrected chi connectivity index (χ4v) is 5.78. The van der Waals surface area contributed by atoms with Crippen molar-refractivity contribution in [3.05, 3.63) is 101 Å². The molecule has 234 valence electrons. The average molecular weight is 618 g/mol. The lowest BCUT2D eigenvalue weighted by Crippen LogP contribution is -2.48. The van der Waals surface area contributed by atoms with Crippen molar-refractivity contribution in [3.63, 3.8) is 0 Å². The Kier molecular flexibility index (Phi) is 8.92. The third kappa shape index (κ3) is 7.56. The van der Waals surface area contributed by atoms with Crippen molar-refractivity contribution >= 4 is 23.0 Å². The summed E-state index contributed by atoms with van der Waals surface area (Å²) in [7, 11) is 0. The van der Waals surface area contributed by atoms with Crippen molar-refractivity contribution in [3.8, 4) is 0 Å². The van der Waals surface area contributed by atoms with E-state index < -0.39 is 24.9 Å². The minimum atomic E-state index is -4.34. The largest absolute Gasteiger partial charge is 0.389 e. The van der Waals surface area contributed by atoms with Crippen molar-refractivity contribution in [2.75, 3.05) is 39.3 Å². The number of carbonyl (C=O) groups excluding carboxylic acids is 2. The van der Waals surface area contributed by atoms with Gasteiger partial charge in [-0.15, -0.1) is 0 Å². The molecule has 5 heterocycles. The van der Waals surface area contributed by atoms with Gasteiger partial charge in [0.15, 0.2) is 11.5 Å². The van der Waals surface area contributed by atoms with Crippen LogP contribution in [0.2, 0.25) is 0 Å². The Morgan fingerprint density at radius 3 is 2.38 bits per heavy atom. The minimum Gasteiger partial charge on any atom is -0.339 e. The number of halogens is 3. The molecule has 12 heteroatoms. The molecule has 45 heavy (non-hydrogen) atoms.